The van der Waals surface area contributed by atoms with Gasteiger partial charge in [-0.3, -0.25) is 4.79 Å². The standard InChI is InChI=1S/C32H33N5O/c1-3-30(38)21-25-11-7-12-26(20-25)31-27(19-24-9-5-4-6-10-24)23-33-32(35-31)34-28-13-8-14-29(22-28)37-17-15-36(2)16-18-37/h3-14,20,22-23H,1,15-19,21H2,2H3,(H,33,34,35). The summed E-state index contributed by atoms with van der Waals surface area (Å²) in [4.78, 5) is 26.4. The minimum atomic E-state index is -0.00284. The van der Waals surface area contributed by atoms with Gasteiger partial charge in [0, 0.05) is 67.7 Å². The van der Waals surface area contributed by atoms with Crippen LogP contribution in [0, 0.1) is 0 Å². The second kappa shape index (κ2) is 11.8. The van der Waals surface area contributed by atoms with Crippen LogP contribution in [0.3, 0.4) is 0 Å². The highest BCUT2D eigenvalue weighted by atomic mass is 16.1. The van der Waals surface area contributed by atoms with E-state index in [1.165, 1.54) is 17.3 Å². The molecule has 1 aromatic heterocycles. The maximum Gasteiger partial charge on any atom is 0.227 e. The molecule has 0 amide bonds. The molecule has 1 aliphatic heterocycles. The molecular formula is C32H33N5O. The number of rotatable bonds is 9. The summed E-state index contributed by atoms with van der Waals surface area (Å²) >= 11 is 0. The van der Waals surface area contributed by atoms with Crippen LogP contribution in [0.5, 0.6) is 0 Å². The zero-order chi connectivity index (χ0) is 26.3. The molecule has 4 aromatic rings. The molecule has 192 valence electrons. The number of nitrogens with zero attached hydrogens (tertiary/aromatic N) is 4. The first-order chi connectivity index (χ1) is 18.6. The molecule has 6 heteroatoms. The fraction of sp³-hybridized carbons (Fsp3) is 0.219. The van der Waals surface area contributed by atoms with Crippen molar-refractivity contribution in [3.8, 4) is 11.3 Å². The number of carbonyl (C=O) groups excluding carboxylic acids is 1. The summed E-state index contributed by atoms with van der Waals surface area (Å²) < 4.78 is 0. The van der Waals surface area contributed by atoms with Gasteiger partial charge in [0.25, 0.3) is 0 Å². The first-order valence-corrected chi connectivity index (χ1v) is 13.0. The lowest BCUT2D eigenvalue weighted by Crippen LogP contribution is -2.44. The molecule has 38 heavy (non-hydrogen) atoms. The number of anilines is 3. The highest BCUT2D eigenvalue weighted by Gasteiger charge is 2.16. The largest absolute Gasteiger partial charge is 0.369 e. The van der Waals surface area contributed by atoms with Gasteiger partial charge in [0.05, 0.1) is 5.69 Å². The van der Waals surface area contributed by atoms with Gasteiger partial charge in [0.15, 0.2) is 5.78 Å². The molecule has 1 N–H and O–H groups in total. The van der Waals surface area contributed by atoms with Crippen LogP contribution < -0.4 is 10.2 Å². The third kappa shape index (κ3) is 6.33. The van der Waals surface area contributed by atoms with Gasteiger partial charge in [-0.2, -0.15) is 0 Å². The van der Waals surface area contributed by atoms with Crippen molar-refractivity contribution in [2.24, 2.45) is 0 Å². The number of piperazine rings is 1. The number of allylic oxidation sites excluding steroid dienone is 1. The van der Waals surface area contributed by atoms with E-state index in [0.29, 0.717) is 18.8 Å². The molecule has 0 unspecified atom stereocenters. The molecule has 2 heterocycles. The van der Waals surface area contributed by atoms with E-state index in [1.54, 1.807) is 0 Å². The summed E-state index contributed by atoms with van der Waals surface area (Å²) in [5.41, 5.74) is 7.12. The minimum absolute atomic E-state index is 0.00284. The Bertz CT molecular complexity index is 1410. The van der Waals surface area contributed by atoms with Crippen molar-refractivity contribution in [3.63, 3.8) is 0 Å². The van der Waals surface area contributed by atoms with Gasteiger partial charge < -0.3 is 15.1 Å². The van der Waals surface area contributed by atoms with Gasteiger partial charge in [-0.25, -0.2) is 9.97 Å². The van der Waals surface area contributed by atoms with Gasteiger partial charge in [-0.1, -0.05) is 61.2 Å². The van der Waals surface area contributed by atoms with E-state index in [9.17, 15) is 4.79 Å². The van der Waals surface area contributed by atoms with Crippen LogP contribution in [0.1, 0.15) is 16.7 Å². The fourth-order valence-electron chi connectivity index (χ4n) is 4.74. The van der Waals surface area contributed by atoms with Crippen LogP contribution in [0.2, 0.25) is 0 Å². The molecule has 3 aromatic carbocycles. The molecule has 0 saturated carbocycles. The second-order valence-corrected chi connectivity index (χ2v) is 9.74. The molecule has 6 nitrogen and oxygen atoms in total. The Balaban J connectivity index is 1.45. The SMILES string of the molecule is C=CC(=O)Cc1cccc(-c2nc(Nc3cccc(N4CCN(C)CC4)c3)ncc2Cc2ccccc2)c1. The van der Waals surface area contributed by atoms with Crippen LogP contribution in [0.15, 0.2) is 97.7 Å². The monoisotopic (exact) mass is 503 g/mol. The van der Waals surface area contributed by atoms with Gasteiger partial charge >= 0.3 is 0 Å². The Morgan fingerprint density at radius 1 is 0.947 bits per heavy atom. The Labute approximate surface area is 224 Å². The van der Waals surface area contributed by atoms with Gasteiger partial charge in [-0.15, -0.1) is 0 Å². The van der Waals surface area contributed by atoms with Crippen molar-refractivity contribution in [2.75, 3.05) is 43.4 Å². The maximum absolute atomic E-state index is 12.0. The molecule has 0 radical (unpaired) electrons. The maximum atomic E-state index is 12.0. The number of hydrogen-bond donors (Lipinski definition) is 1. The number of ketones is 1. The first-order valence-electron chi connectivity index (χ1n) is 13.0. The molecule has 0 aliphatic carbocycles. The summed E-state index contributed by atoms with van der Waals surface area (Å²) in [5.74, 6) is 0.539. The summed E-state index contributed by atoms with van der Waals surface area (Å²) in [5, 5.41) is 3.42. The summed E-state index contributed by atoms with van der Waals surface area (Å²) in [6.45, 7) is 7.75. The molecule has 1 aliphatic rings. The molecule has 0 bridgehead atoms. The summed E-state index contributed by atoms with van der Waals surface area (Å²) in [6, 6.07) is 26.8. The number of benzene rings is 3. The fourth-order valence-corrected chi connectivity index (χ4v) is 4.74. The molecule has 1 saturated heterocycles. The minimum Gasteiger partial charge on any atom is -0.369 e. The number of nitrogens with one attached hydrogen (secondary N) is 1. The normalized spacial score (nSPS) is 13.8. The average molecular weight is 504 g/mol. The van der Waals surface area contributed by atoms with Gasteiger partial charge in [0.1, 0.15) is 0 Å². The lowest BCUT2D eigenvalue weighted by atomic mass is 9.98. The Morgan fingerprint density at radius 2 is 1.71 bits per heavy atom. The predicted molar refractivity (Wildman–Crippen MR) is 155 cm³/mol. The van der Waals surface area contributed by atoms with E-state index in [-0.39, 0.29) is 5.78 Å². The summed E-state index contributed by atoms with van der Waals surface area (Å²) in [7, 11) is 2.17. The smallest absolute Gasteiger partial charge is 0.227 e. The summed E-state index contributed by atoms with van der Waals surface area (Å²) in [6.07, 6.45) is 4.31. The first kappa shape index (κ1) is 25.4. The molecule has 5 rings (SSSR count). The van der Waals surface area contributed by atoms with E-state index in [0.717, 1.165) is 54.3 Å². The van der Waals surface area contributed by atoms with Gasteiger partial charge in [-0.05, 0) is 48.5 Å². The van der Waals surface area contributed by atoms with E-state index >= 15 is 0 Å². The zero-order valence-electron chi connectivity index (χ0n) is 21.8. The van der Waals surface area contributed by atoms with Crippen molar-refractivity contribution in [1.29, 1.82) is 0 Å². The van der Waals surface area contributed by atoms with Crippen LogP contribution in [0.25, 0.3) is 11.3 Å². The van der Waals surface area contributed by atoms with E-state index in [4.69, 9.17) is 4.98 Å². The third-order valence-corrected chi connectivity index (χ3v) is 6.88. The predicted octanol–water partition coefficient (Wildman–Crippen LogP) is 5.53. The lowest BCUT2D eigenvalue weighted by molar-refractivity contribution is -0.114. The Hall–Kier alpha value is -4.29. The second-order valence-electron chi connectivity index (χ2n) is 9.74. The number of carbonyl (C=O) groups is 1. The highest BCUT2D eigenvalue weighted by Crippen LogP contribution is 2.28. The van der Waals surface area contributed by atoms with Crippen molar-refractivity contribution in [1.82, 2.24) is 14.9 Å². The van der Waals surface area contributed by atoms with Gasteiger partial charge in [0.2, 0.25) is 5.95 Å². The van der Waals surface area contributed by atoms with Crippen molar-refractivity contribution >= 4 is 23.1 Å². The number of hydrogen-bond acceptors (Lipinski definition) is 6. The van der Waals surface area contributed by atoms with E-state index in [1.807, 2.05) is 54.7 Å². The number of likely N-dealkylation sites (N-methyl/N-ethyl adjacent to an activating group) is 1. The zero-order valence-corrected chi connectivity index (χ0v) is 21.8. The van der Waals surface area contributed by atoms with E-state index < -0.39 is 0 Å². The third-order valence-electron chi connectivity index (χ3n) is 6.88. The topological polar surface area (TPSA) is 61.4 Å². The van der Waals surface area contributed by atoms with Crippen molar-refractivity contribution in [3.05, 3.63) is 114 Å². The quantitative estimate of drug-likeness (QED) is 0.303. The van der Waals surface area contributed by atoms with Crippen LogP contribution >= 0.6 is 0 Å². The van der Waals surface area contributed by atoms with E-state index in [2.05, 4.69) is 64.1 Å². The lowest BCUT2D eigenvalue weighted by Gasteiger charge is -2.34. The Kier molecular flexibility index (Phi) is 7.90. The van der Waals surface area contributed by atoms with Crippen molar-refractivity contribution in [2.45, 2.75) is 12.8 Å². The van der Waals surface area contributed by atoms with Crippen molar-refractivity contribution < 1.29 is 4.79 Å². The average Bonchev–Trinajstić information content (AvgIpc) is 2.95. The number of aromatic nitrogens is 2. The molecule has 1 fully saturated rings. The van der Waals surface area contributed by atoms with Crippen LogP contribution in [-0.2, 0) is 17.6 Å². The highest BCUT2D eigenvalue weighted by molar-refractivity contribution is 5.91. The molecule has 0 spiro atoms. The Morgan fingerprint density at radius 3 is 2.50 bits per heavy atom. The molecular weight excluding hydrogens is 470 g/mol. The van der Waals surface area contributed by atoms with Crippen LogP contribution in [-0.4, -0.2) is 53.9 Å². The molecule has 0 atom stereocenters. The van der Waals surface area contributed by atoms with Crippen LogP contribution in [0.4, 0.5) is 17.3 Å².